The molecule has 0 amide bonds. The Morgan fingerprint density at radius 2 is 1.73 bits per heavy atom. The fourth-order valence-corrected chi connectivity index (χ4v) is 1.41. The van der Waals surface area contributed by atoms with Gasteiger partial charge in [-0.1, -0.05) is 32.9 Å². The average Bonchev–Trinajstić information content (AvgIpc) is 2.17. The van der Waals surface area contributed by atoms with Gasteiger partial charge in [-0.15, -0.1) is 0 Å². The van der Waals surface area contributed by atoms with Crippen LogP contribution in [-0.2, 0) is 5.41 Å². The minimum Gasteiger partial charge on any atom is -0.361 e. The molecule has 0 aromatic heterocycles. The zero-order chi connectivity index (χ0) is 11.5. The molecule has 2 nitrogen and oxygen atoms in total. The van der Waals surface area contributed by atoms with Crippen LogP contribution >= 0.6 is 0 Å². The van der Waals surface area contributed by atoms with Crippen molar-refractivity contribution in [2.75, 3.05) is 18.5 Å². The molecule has 80 valence electrons. The van der Waals surface area contributed by atoms with Crippen molar-refractivity contribution in [1.82, 2.24) is 0 Å². The molecule has 1 aromatic rings. The normalized spacial score (nSPS) is 10.9. The summed E-state index contributed by atoms with van der Waals surface area (Å²) in [5.41, 5.74) is 2.59. The highest BCUT2D eigenvalue weighted by atomic mass is 15.1. The van der Waals surface area contributed by atoms with Gasteiger partial charge >= 0.3 is 0 Å². The predicted molar refractivity (Wildman–Crippen MR) is 64.0 cm³/mol. The molecular formula is C13H18N2. The summed E-state index contributed by atoms with van der Waals surface area (Å²) in [6, 6.07) is 10.5. The number of benzene rings is 1. The first kappa shape index (κ1) is 11.6. The van der Waals surface area contributed by atoms with E-state index in [1.807, 2.05) is 11.9 Å². The molecule has 0 heterocycles. The molecular weight excluding hydrogens is 184 g/mol. The summed E-state index contributed by atoms with van der Waals surface area (Å²) in [6.07, 6.45) is 0. The van der Waals surface area contributed by atoms with Crippen molar-refractivity contribution in [1.29, 1.82) is 5.26 Å². The second-order valence-corrected chi connectivity index (χ2v) is 4.81. The first-order valence-electron chi connectivity index (χ1n) is 5.14. The van der Waals surface area contributed by atoms with E-state index in [0.29, 0.717) is 6.54 Å². The lowest BCUT2D eigenvalue weighted by atomic mass is 9.87. The molecule has 0 aliphatic rings. The van der Waals surface area contributed by atoms with E-state index < -0.39 is 0 Å². The van der Waals surface area contributed by atoms with Crippen molar-refractivity contribution >= 4 is 5.69 Å². The highest BCUT2D eigenvalue weighted by Gasteiger charge is 2.13. The molecule has 0 fully saturated rings. The van der Waals surface area contributed by atoms with Gasteiger partial charge in [-0.25, -0.2) is 0 Å². The van der Waals surface area contributed by atoms with Crippen LogP contribution in [0.15, 0.2) is 24.3 Å². The quantitative estimate of drug-likeness (QED) is 0.689. The SMILES string of the molecule is CN(CC#N)c1ccc(C(C)(C)C)cc1. The van der Waals surface area contributed by atoms with Gasteiger partial charge < -0.3 is 4.90 Å². The molecule has 0 N–H and O–H groups in total. The molecule has 0 spiro atoms. The van der Waals surface area contributed by atoms with Gasteiger partial charge in [0.1, 0.15) is 6.54 Å². The maximum atomic E-state index is 8.59. The van der Waals surface area contributed by atoms with Gasteiger partial charge in [0, 0.05) is 12.7 Å². The van der Waals surface area contributed by atoms with Gasteiger partial charge in [0.05, 0.1) is 6.07 Å². The molecule has 0 aliphatic heterocycles. The zero-order valence-electron chi connectivity index (χ0n) is 9.91. The maximum absolute atomic E-state index is 8.59. The van der Waals surface area contributed by atoms with Crippen LogP contribution in [0.4, 0.5) is 5.69 Å². The molecule has 0 aliphatic carbocycles. The minimum absolute atomic E-state index is 0.187. The Morgan fingerprint density at radius 3 is 2.13 bits per heavy atom. The monoisotopic (exact) mass is 202 g/mol. The van der Waals surface area contributed by atoms with Gasteiger partial charge in [0.15, 0.2) is 0 Å². The lowest BCUT2D eigenvalue weighted by Gasteiger charge is -2.21. The van der Waals surface area contributed by atoms with E-state index in [9.17, 15) is 0 Å². The van der Waals surface area contributed by atoms with Crippen LogP contribution in [0.2, 0.25) is 0 Å². The number of hydrogen-bond donors (Lipinski definition) is 0. The van der Waals surface area contributed by atoms with Crippen molar-refractivity contribution in [2.24, 2.45) is 0 Å². The third-order valence-corrected chi connectivity index (χ3v) is 2.48. The van der Waals surface area contributed by atoms with Gasteiger partial charge in [-0.3, -0.25) is 0 Å². The summed E-state index contributed by atoms with van der Waals surface area (Å²) in [6.45, 7) is 7.01. The molecule has 0 bridgehead atoms. The van der Waals surface area contributed by atoms with E-state index in [0.717, 1.165) is 5.69 Å². The summed E-state index contributed by atoms with van der Waals surface area (Å²) >= 11 is 0. The van der Waals surface area contributed by atoms with Crippen molar-refractivity contribution < 1.29 is 0 Å². The third kappa shape index (κ3) is 2.99. The highest BCUT2D eigenvalue weighted by Crippen LogP contribution is 2.24. The summed E-state index contributed by atoms with van der Waals surface area (Å²) in [7, 11) is 1.93. The van der Waals surface area contributed by atoms with E-state index in [-0.39, 0.29) is 5.41 Å². The van der Waals surface area contributed by atoms with Gasteiger partial charge in [0.2, 0.25) is 0 Å². The molecule has 0 saturated heterocycles. The predicted octanol–water partition coefficient (Wildman–Crippen LogP) is 2.94. The Bertz CT molecular complexity index is 352. The fraction of sp³-hybridized carbons (Fsp3) is 0.462. The van der Waals surface area contributed by atoms with Gasteiger partial charge in [-0.05, 0) is 23.1 Å². The van der Waals surface area contributed by atoms with Gasteiger partial charge in [0.25, 0.3) is 0 Å². The fourth-order valence-electron chi connectivity index (χ4n) is 1.41. The van der Waals surface area contributed by atoms with E-state index in [1.165, 1.54) is 5.56 Å². The Balaban J connectivity index is 2.87. The van der Waals surface area contributed by atoms with Gasteiger partial charge in [-0.2, -0.15) is 5.26 Å². The van der Waals surface area contributed by atoms with Crippen LogP contribution in [0.1, 0.15) is 26.3 Å². The Labute approximate surface area is 92.1 Å². The molecule has 15 heavy (non-hydrogen) atoms. The summed E-state index contributed by atoms with van der Waals surface area (Å²) in [5, 5.41) is 8.59. The number of rotatable bonds is 2. The summed E-state index contributed by atoms with van der Waals surface area (Å²) in [4.78, 5) is 1.94. The van der Waals surface area contributed by atoms with Crippen LogP contribution in [0.25, 0.3) is 0 Å². The number of nitriles is 1. The van der Waals surface area contributed by atoms with E-state index in [4.69, 9.17) is 5.26 Å². The van der Waals surface area contributed by atoms with Crippen LogP contribution in [-0.4, -0.2) is 13.6 Å². The van der Waals surface area contributed by atoms with Crippen molar-refractivity contribution in [3.8, 4) is 6.07 Å². The lowest BCUT2D eigenvalue weighted by Crippen LogP contribution is -2.17. The first-order valence-corrected chi connectivity index (χ1v) is 5.14. The standard InChI is InChI=1S/C13H18N2/c1-13(2,3)11-5-7-12(8-6-11)15(4)10-9-14/h5-8H,10H2,1-4H3. The molecule has 2 heteroatoms. The molecule has 1 aromatic carbocycles. The van der Waals surface area contributed by atoms with Crippen LogP contribution in [0.3, 0.4) is 0 Å². The minimum atomic E-state index is 0.187. The Morgan fingerprint density at radius 1 is 1.20 bits per heavy atom. The van der Waals surface area contributed by atoms with Crippen LogP contribution < -0.4 is 4.90 Å². The van der Waals surface area contributed by atoms with E-state index in [1.54, 1.807) is 0 Å². The lowest BCUT2D eigenvalue weighted by molar-refractivity contribution is 0.590. The summed E-state index contributed by atoms with van der Waals surface area (Å²) in [5.74, 6) is 0. The number of anilines is 1. The Kier molecular flexibility index (Phi) is 3.36. The molecule has 1 rings (SSSR count). The van der Waals surface area contributed by atoms with Crippen molar-refractivity contribution in [3.63, 3.8) is 0 Å². The van der Waals surface area contributed by atoms with Crippen LogP contribution in [0.5, 0.6) is 0 Å². The van der Waals surface area contributed by atoms with E-state index >= 15 is 0 Å². The zero-order valence-corrected chi connectivity index (χ0v) is 9.91. The number of nitrogens with zero attached hydrogens (tertiary/aromatic N) is 2. The molecule has 0 saturated carbocycles. The second kappa shape index (κ2) is 4.35. The largest absolute Gasteiger partial charge is 0.361 e. The molecule has 0 atom stereocenters. The summed E-state index contributed by atoms with van der Waals surface area (Å²) < 4.78 is 0. The maximum Gasteiger partial charge on any atom is 0.105 e. The number of hydrogen-bond acceptors (Lipinski definition) is 2. The third-order valence-electron chi connectivity index (χ3n) is 2.48. The highest BCUT2D eigenvalue weighted by molar-refractivity contribution is 5.48. The smallest absolute Gasteiger partial charge is 0.105 e. The van der Waals surface area contributed by atoms with Crippen molar-refractivity contribution in [3.05, 3.63) is 29.8 Å². The second-order valence-electron chi connectivity index (χ2n) is 4.81. The topological polar surface area (TPSA) is 27.0 Å². The van der Waals surface area contributed by atoms with Crippen molar-refractivity contribution in [2.45, 2.75) is 26.2 Å². The van der Waals surface area contributed by atoms with Crippen LogP contribution in [0, 0.1) is 11.3 Å². The average molecular weight is 202 g/mol. The Hall–Kier alpha value is -1.49. The molecule has 0 radical (unpaired) electrons. The van der Waals surface area contributed by atoms with E-state index in [2.05, 4.69) is 51.1 Å². The first-order chi connectivity index (χ1) is 6.95. The molecule has 0 unspecified atom stereocenters.